The molecule has 0 rings (SSSR count). The Morgan fingerprint density at radius 1 is 0.520 bits per heavy atom. The smallest absolute Gasteiger partial charge is 0.336 e. The lowest BCUT2D eigenvalue weighted by atomic mass is 9.96. The molecule has 0 aliphatic rings. The molecule has 0 atom stereocenters. The molecule has 0 saturated carbocycles. The van der Waals surface area contributed by atoms with Crippen molar-refractivity contribution in [1.82, 2.24) is 0 Å². The van der Waals surface area contributed by atoms with Crippen LogP contribution in [-0.4, -0.2) is 110 Å². The highest BCUT2D eigenvalue weighted by molar-refractivity contribution is 5.88. The lowest BCUT2D eigenvalue weighted by Crippen LogP contribution is -2.42. The van der Waals surface area contributed by atoms with E-state index in [0.717, 1.165) is 0 Å². The molecular formula is C6H32O19. The van der Waals surface area contributed by atoms with E-state index in [1.54, 1.807) is 0 Å². The third kappa shape index (κ3) is 44.9. The van der Waals surface area contributed by atoms with Crippen LogP contribution in [0.3, 0.4) is 0 Å². The average molecular weight is 408 g/mol. The Hall–Kier alpha value is -2.11. The van der Waals surface area contributed by atoms with Gasteiger partial charge in [-0.2, -0.15) is 0 Å². The molecule has 0 aromatic carbocycles. The molecule has 0 aromatic heterocycles. The summed E-state index contributed by atoms with van der Waals surface area (Å²) in [4.78, 5) is 30.5. The first kappa shape index (κ1) is 112. The second kappa shape index (κ2) is 43.1. The van der Waals surface area contributed by atoms with Crippen molar-refractivity contribution < 1.29 is 101 Å². The summed E-state index contributed by atoms with van der Waals surface area (Å²) < 4.78 is 0. The fraction of sp³-hybridized carbons (Fsp3) is 0.500. The molecule has 19 nitrogen and oxygen atoms in total. The number of carboxylic acid groups (broad SMARTS) is 3. The summed E-state index contributed by atoms with van der Waals surface area (Å²) in [7, 11) is 0. The molecule has 0 amide bonds. The molecule has 170 valence electrons. The first-order valence-corrected chi connectivity index (χ1v) is 3.17. The third-order valence-electron chi connectivity index (χ3n) is 1.29. The molecule has 25 heavy (non-hydrogen) atoms. The zero-order valence-corrected chi connectivity index (χ0v) is 12.4. The summed E-state index contributed by atoms with van der Waals surface area (Å²) in [5, 5.41) is 33.8. The SMILES string of the molecule is O.O.O.O.O.O.O.O.O.O.O.O.O=C(O)CC(O)(CC(=O)O)C(=O)O. The maximum Gasteiger partial charge on any atom is 0.336 e. The van der Waals surface area contributed by atoms with E-state index in [4.69, 9.17) is 20.4 Å². The topological polar surface area (TPSA) is 510 Å². The van der Waals surface area contributed by atoms with Gasteiger partial charge in [0.25, 0.3) is 0 Å². The molecule has 0 aromatic rings. The quantitative estimate of drug-likeness (QED) is 0.339. The van der Waals surface area contributed by atoms with Crippen molar-refractivity contribution in [1.29, 1.82) is 0 Å². The minimum Gasteiger partial charge on any atom is -0.481 e. The summed E-state index contributed by atoms with van der Waals surface area (Å²) in [6.07, 6.45) is -2.29. The molecule has 0 heterocycles. The second-order valence-electron chi connectivity index (χ2n) is 2.48. The number of carboxylic acids is 3. The number of aliphatic hydroxyl groups is 1. The summed E-state index contributed by atoms with van der Waals surface area (Å²) in [6, 6.07) is 0. The molecule has 0 bridgehead atoms. The van der Waals surface area contributed by atoms with Crippen LogP contribution in [-0.2, 0) is 14.4 Å². The van der Waals surface area contributed by atoms with E-state index >= 15 is 0 Å². The van der Waals surface area contributed by atoms with Crippen molar-refractivity contribution >= 4 is 17.9 Å². The molecular weight excluding hydrogens is 376 g/mol. The van der Waals surface area contributed by atoms with E-state index < -0.39 is 36.4 Å². The highest BCUT2D eigenvalue weighted by Crippen LogP contribution is 2.15. The van der Waals surface area contributed by atoms with Gasteiger partial charge >= 0.3 is 17.9 Å². The molecule has 0 unspecified atom stereocenters. The fourth-order valence-corrected chi connectivity index (χ4v) is 0.714. The van der Waals surface area contributed by atoms with E-state index in [0.29, 0.717) is 0 Å². The van der Waals surface area contributed by atoms with Gasteiger partial charge in [-0.3, -0.25) is 9.59 Å². The van der Waals surface area contributed by atoms with E-state index in [2.05, 4.69) is 0 Å². The Morgan fingerprint density at radius 2 is 0.680 bits per heavy atom. The Kier molecular flexibility index (Phi) is 193. The van der Waals surface area contributed by atoms with Crippen molar-refractivity contribution in [2.75, 3.05) is 0 Å². The summed E-state index contributed by atoms with van der Waals surface area (Å²) >= 11 is 0. The highest BCUT2D eigenvalue weighted by Gasteiger charge is 2.40. The maximum absolute atomic E-state index is 10.3. The summed E-state index contributed by atoms with van der Waals surface area (Å²) in [5.41, 5.74) is -2.74. The van der Waals surface area contributed by atoms with Gasteiger partial charge in [-0.1, -0.05) is 0 Å². The Morgan fingerprint density at radius 3 is 0.760 bits per heavy atom. The van der Waals surface area contributed by atoms with Gasteiger partial charge in [-0.25, -0.2) is 4.79 Å². The van der Waals surface area contributed by atoms with Crippen LogP contribution in [0.2, 0.25) is 0 Å². The van der Waals surface area contributed by atoms with Crippen LogP contribution in [0.15, 0.2) is 0 Å². The number of hydrogen-bond donors (Lipinski definition) is 4. The molecule has 19 heteroatoms. The van der Waals surface area contributed by atoms with Crippen molar-refractivity contribution in [2.45, 2.75) is 18.4 Å². The van der Waals surface area contributed by atoms with Crippen LogP contribution < -0.4 is 0 Å². The number of carbonyl (C=O) groups is 3. The van der Waals surface area contributed by atoms with Gasteiger partial charge in [-0.15, -0.1) is 0 Å². The van der Waals surface area contributed by atoms with Crippen LogP contribution in [0, 0.1) is 0 Å². The van der Waals surface area contributed by atoms with Gasteiger partial charge in [0.2, 0.25) is 0 Å². The Bertz CT molecular complexity index is 234. The van der Waals surface area contributed by atoms with E-state index in [1.807, 2.05) is 0 Å². The molecule has 0 saturated heterocycles. The van der Waals surface area contributed by atoms with Gasteiger partial charge < -0.3 is 86.1 Å². The second-order valence-corrected chi connectivity index (χ2v) is 2.48. The van der Waals surface area contributed by atoms with Gasteiger partial charge in [0.15, 0.2) is 5.60 Å². The largest absolute Gasteiger partial charge is 0.481 e. The zero-order valence-electron chi connectivity index (χ0n) is 12.4. The molecule has 0 aliphatic heterocycles. The maximum atomic E-state index is 10.3. The standard InChI is InChI=1S/C6H8O7.12H2O/c7-3(8)1-6(13,5(11)12)2-4(9)10;;;;;;;;;;;;/h13H,1-2H2,(H,7,8)(H,9,10)(H,11,12);12*1H2. The summed E-state index contributed by atoms with van der Waals surface area (Å²) in [6.45, 7) is 0. The van der Waals surface area contributed by atoms with Gasteiger partial charge in [0.05, 0.1) is 12.8 Å². The fourth-order valence-electron chi connectivity index (χ4n) is 0.714. The average Bonchev–Trinajstić information content (AvgIpc) is 1.82. The first-order chi connectivity index (χ1) is 5.78. The van der Waals surface area contributed by atoms with Crippen molar-refractivity contribution in [3.8, 4) is 0 Å². The normalized spacial score (nSPS) is 5.64. The van der Waals surface area contributed by atoms with Crippen LogP contribution in [0.5, 0.6) is 0 Å². The van der Waals surface area contributed by atoms with Gasteiger partial charge in [0.1, 0.15) is 0 Å². The van der Waals surface area contributed by atoms with E-state index in [9.17, 15) is 14.4 Å². The number of hydrogen-bond acceptors (Lipinski definition) is 4. The first-order valence-electron chi connectivity index (χ1n) is 3.17. The Balaban J connectivity index is -0.0000000109. The number of rotatable bonds is 5. The lowest BCUT2D eigenvalue weighted by Gasteiger charge is -2.18. The minimum absolute atomic E-state index is 0. The molecule has 28 N–H and O–H groups in total. The molecule has 0 radical (unpaired) electrons. The summed E-state index contributed by atoms with van der Waals surface area (Å²) in [5.74, 6) is -5.02. The molecule has 0 fully saturated rings. The van der Waals surface area contributed by atoms with Crippen LogP contribution in [0.4, 0.5) is 0 Å². The van der Waals surface area contributed by atoms with Gasteiger partial charge in [-0.05, 0) is 0 Å². The molecule has 0 spiro atoms. The van der Waals surface area contributed by atoms with E-state index in [-0.39, 0.29) is 65.7 Å². The van der Waals surface area contributed by atoms with Crippen LogP contribution >= 0.6 is 0 Å². The van der Waals surface area contributed by atoms with Crippen LogP contribution in [0.1, 0.15) is 12.8 Å². The monoisotopic (exact) mass is 408 g/mol. The van der Waals surface area contributed by atoms with Crippen molar-refractivity contribution in [3.63, 3.8) is 0 Å². The Labute approximate surface area is 138 Å². The highest BCUT2D eigenvalue weighted by atomic mass is 16.4. The zero-order chi connectivity index (χ0) is 10.6. The van der Waals surface area contributed by atoms with Gasteiger partial charge in [0, 0.05) is 0 Å². The number of aliphatic carboxylic acids is 3. The van der Waals surface area contributed by atoms with Crippen LogP contribution in [0.25, 0.3) is 0 Å². The predicted molar refractivity (Wildman–Crippen MR) is 80.5 cm³/mol. The van der Waals surface area contributed by atoms with Crippen molar-refractivity contribution in [2.24, 2.45) is 0 Å². The predicted octanol–water partition coefficient (Wildman–Crippen LogP) is -11.1. The molecule has 0 aliphatic carbocycles. The lowest BCUT2D eigenvalue weighted by molar-refractivity contribution is -0.170. The van der Waals surface area contributed by atoms with Crippen molar-refractivity contribution in [3.05, 3.63) is 0 Å². The van der Waals surface area contributed by atoms with E-state index in [1.165, 1.54) is 0 Å². The third-order valence-corrected chi connectivity index (χ3v) is 1.29. The minimum atomic E-state index is -2.74.